The van der Waals surface area contributed by atoms with Gasteiger partial charge in [-0.05, 0) is 36.1 Å². The molecule has 3 aromatic heterocycles. The smallest absolute Gasteiger partial charge is 0.257 e. The zero-order valence-electron chi connectivity index (χ0n) is 20.4. The fourth-order valence-corrected chi connectivity index (χ4v) is 4.23. The van der Waals surface area contributed by atoms with Gasteiger partial charge in [-0.2, -0.15) is 0 Å². The number of hydrogen-bond donors (Lipinski definition) is 0. The van der Waals surface area contributed by atoms with E-state index in [0.717, 1.165) is 0 Å². The molecular weight excluding hydrogens is 477 g/mol. The number of halogens is 1. The maximum absolute atomic E-state index is 13.1. The van der Waals surface area contributed by atoms with Crippen LogP contribution in [0.25, 0.3) is 11.0 Å². The van der Waals surface area contributed by atoms with Crippen LogP contribution in [0.4, 0.5) is 4.39 Å². The molecule has 188 valence electrons. The fourth-order valence-electron chi connectivity index (χ4n) is 4.23. The van der Waals surface area contributed by atoms with E-state index < -0.39 is 5.41 Å². The van der Waals surface area contributed by atoms with Crippen molar-refractivity contribution in [3.63, 3.8) is 0 Å². The van der Waals surface area contributed by atoms with Crippen molar-refractivity contribution in [1.82, 2.24) is 15.0 Å². The molecule has 1 aliphatic rings. The van der Waals surface area contributed by atoms with E-state index in [1.807, 2.05) is 0 Å². The molecule has 0 amide bonds. The second-order valence-corrected chi connectivity index (χ2v) is 8.89. The number of pyridine rings is 3. The van der Waals surface area contributed by atoms with E-state index in [-0.39, 0.29) is 30.2 Å². The molecule has 1 saturated carbocycles. The van der Waals surface area contributed by atoms with Crippen molar-refractivity contribution in [2.45, 2.75) is 25.7 Å². The summed E-state index contributed by atoms with van der Waals surface area (Å²) in [5.74, 6) is 0.900. The Morgan fingerprint density at radius 2 is 1.59 bits per heavy atom. The summed E-state index contributed by atoms with van der Waals surface area (Å²) in [6.07, 6.45) is 4.44. The van der Waals surface area contributed by atoms with Crippen LogP contribution in [0.2, 0.25) is 0 Å². The molecule has 9 heteroatoms. The first kappa shape index (κ1) is 24.3. The van der Waals surface area contributed by atoms with Crippen molar-refractivity contribution in [3.05, 3.63) is 77.9 Å². The average molecular weight is 502 g/mol. The highest BCUT2D eigenvalue weighted by Gasteiger charge is 2.54. The third-order valence-electron chi connectivity index (χ3n) is 6.49. The molecule has 37 heavy (non-hydrogen) atoms. The molecule has 0 spiro atoms. The lowest BCUT2D eigenvalue weighted by Crippen LogP contribution is -2.28. The first-order valence-corrected chi connectivity index (χ1v) is 11.7. The second-order valence-electron chi connectivity index (χ2n) is 8.89. The average Bonchev–Trinajstić information content (AvgIpc) is 3.73. The highest BCUT2D eigenvalue weighted by Crippen LogP contribution is 2.48. The van der Waals surface area contributed by atoms with E-state index in [0.29, 0.717) is 58.3 Å². The summed E-state index contributed by atoms with van der Waals surface area (Å²) in [6.45, 7) is 0. The van der Waals surface area contributed by atoms with Gasteiger partial charge in [0.1, 0.15) is 11.3 Å². The normalized spacial score (nSPS) is 13.7. The van der Waals surface area contributed by atoms with Crippen molar-refractivity contribution in [2.75, 3.05) is 14.2 Å². The van der Waals surface area contributed by atoms with Crippen molar-refractivity contribution in [1.29, 1.82) is 0 Å². The second kappa shape index (κ2) is 9.93. The van der Waals surface area contributed by atoms with E-state index in [9.17, 15) is 14.0 Å². The number of ether oxygens (including phenoxy) is 3. The number of nitrogens with zero attached hydrogens (tertiary/aromatic N) is 3. The van der Waals surface area contributed by atoms with Crippen molar-refractivity contribution < 1.29 is 28.2 Å². The standard InChI is InChI=1S/C28H24FN3O5/c1-35-22-15-20-26(32-27(22)36-2)21(9-12-30-20)37-25-8-5-18(16-31-25)14-24(34)28(10-11-28)23(33)13-17-3-6-19(29)7-4-17/h3-9,12,15-16H,10-11,13-14H2,1-2H3. The van der Waals surface area contributed by atoms with Crippen LogP contribution < -0.4 is 14.2 Å². The van der Waals surface area contributed by atoms with Gasteiger partial charge in [0, 0.05) is 43.4 Å². The molecule has 4 aromatic rings. The monoisotopic (exact) mass is 501 g/mol. The lowest BCUT2D eigenvalue weighted by Gasteiger charge is -2.13. The number of carbonyl (C=O) groups is 2. The quantitative estimate of drug-likeness (QED) is 0.289. The Kier molecular flexibility index (Phi) is 6.52. The molecule has 1 fully saturated rings. The van der Waals surface area contributed by atoms with Gasteiger partial charge in [-0.3, -0.25) is 14.6 Å². The number of fused-ring (bicyclic) bond motifs is 1. The van der Waals surface area contributed by atoms with Gasteiger partial charge in [-0.25, -0.2) is 14.4 Å². The van der Waals surface area contributed by atoms with Gasteiger partial charge < -0.3 is 14.2 Å². The van der Waals surface area contributed by atoms with E-state index in [1.165, 1.54) is 26.4 Å². The number of hydrogen-bond acceptors (Lipinski definition) is 8. The van der Waals surface area contributed by atoms with Gasteiger partial charge in [0.15, 0.2) is 23.1 Å². The molecular formula is C28H24FN3O5. The van der Waals surface area contributed by atoms with Gasteiger partial charge >= 0.3 is 0 Å². The maximum Gasteiger partial charge on any atom is 0.257 e. The third-order valence-corrected chi connectivity index (χ3v) is 6.49. The topological polar surface area (TPSA) is 101 Å². The Hall–Kier alpha value is -4.40. The maximum atomic E-state index is 13.1. The van der Waals surface area contributed by atoms with Crippen LogP contribution in [-0.4, -0.2) is 40.7 Å². The lowest BCUT2D eigenvalue weighted by molar-refractivity contribution is -0.133. The Labute approximate surface area is 212 Å². The Morgan fingerprint density at radius 1 is 0.892 bits per heavy atom. The number of Topliss-reactive ketones (excluding diaryl/α,β-unsaturated/α-hetero) is 2. The molecule has 0 atom stereocenters. The summed E-state index contributed by atoms with van der Waals surface area (Å²) >= 11 is 0. The summed E-state index contributed by atoms with van der Waals surface area (Å²) in [5, 5.41) is 0. The van der Waals surface area contributed by atoms with Crippen molar-refractivity contribution in [2.24, 2.45) is 5.41 Å². The molecule has 1 aliphatic carbocycles. The number of methoxy groups -OCH3 is 2. The number of aromatic nitrogens is 3. The first-order valence-electron chi connectivity index (χ1n) is 11.7. The van der Waals surface area contributed by atoms with Crippen LogP contribution in [0.1, 0.15) is 24.0 Å². The van der Waals surface area contributed by atoms with Crippen LogP contribution in [0.5, 0.6) is 23.3 Å². The van der Waals surface area contributed by atoms with Gasteiger partial charge in [-0.15, -0.1) is 0 Å². The Balaban J connectivity index is 1.27. The summed E-state index contributed by atoms with van der Waals surface area (Å²) in [7, 11) is 3.02. The minimum atomic E-state index is -0.953. The molecule has 0 radical (unpaired) electrons. The SMILES string of the molecule is COc1cc2nccc(Oc3ccc(CC(=O)C4(C(=O)Cc5ccc(F)cc5)CC4)cn3)c2nc1OC. The number of ketones is 2. The van der Waals surface area contributed by atoms with E-state index in [2.05, 4.69) is 15.0 Å². The summed E-state index contributed by atoms with van der Waals surface area (Å²) in [6, 6.07) is 12.6. The predicted octanol–water partition coefficient (Wildman–Crippen LogP) is 4.68. The molecule has 0 saturated heterocycles. The van der Waals surface area contributed by atoms with Gasteiger partial charge in [0.05, 0.1) is 25.2 Å². The highest BCUT2D eigenvalue weighted by atomic mass is 19.1. The molecule has 8 nitrogen and oxygen atoms in total. The number of benzene rings is 1. The summed E-state index contributed by atoms with van der Waals surface area (Å²) < 4.78 is 29.7. The molecule has 0 N–H and O–H groups in total. The van der Waals surface area contributed by atoms with Crippen LogP contribution >= 0.6 is 0 Å². The fraction of sp³-hybridized carbons (Fsp3) is 0.250. The molecule has 3 heterocycles. The third kappa shape index (κ3) is 4.97. The molecule has 0 bridgehead atoms. The molecule has 1 aromatic carbocycles. The van der Waals surface area contributed by atoms with E-state index in [1.54, 1.807) is 48.8 Å². The van der Waals surface area contributed by atoms with E-state index in [4.69, 9.17) is 14.2 Å². The van der Waals surface area contributed by atoms with Crippen molar-refractivity contribution in [3.8, 4) is 23.3 Å². The first-order chi connectivity index (χ1) is 17.9. The zero-order chi connectivity index (χ0) is 26.0. The lowest BCUT2D eigenvalue weighted by atomic mass is 9.88. The van der Waals surface area contributed by atoms with Crippen LogP contribution in [0, 0.1) is 11.2 Å². The Bertz CT molecular complexity index is 1470. The van der Waals surface area contributed by atoms with Gasteiger partial charge in [0.2, 0.25) is 5.88 Å². The van der Waals surface area contributed by atoms with Crippen molar-refractivity contribution >= 4 is 22.6 Å². The van der Waals surface area contributed by atoms with Gasteiger partial charge in [0.25, 0.3) is 5.88 Å². The molecule has 0 aliphatic heterocycles. The largest absolute Gasteiger partial charge is 0.491 e. The minimum absolute atomic E-state index is 0.0964. The molecule has 5 rings (SSSR count). The summed E-state index contributed by atoms with van der Waals surface area (Å²) in [5.41, 5.74) is 1.48. The van der Waals surface area contributed by atoms with Gasteiger partial charge in [-0.1, -0.05) is 18.2 Å². The zero-order valence-corrected chi connectivity index (χ0v) is 20.4. The Morgan fingerprint density at radius 3 is 2.22 bits per heavy atom. The molecule has 0 unspecified atom stereocenters. The minimum Gasteiger partial charge on any atom is -0.491 e. The number of rotatable bonds is 10. The predicted molar refractivity (Wildman–Crippen MR) is 132 cm³/mol. The van der Waals surface area contributed by atoms with Crippen LogP contribution in [-0.2, 0) is 22.4 Å². The number of carbonyl (C=O) groups excluding carboxylic acids is 2. The van der Waals surface area contributed by atoms with Crippen LogP contribution in [0.15, 0.2) is 60.9 Å². The summed E-state index contributed by atoms with van der Waals surface area (Å²) in [4.78, 5) is 39.0. The van der Waals surface area contributed by atoms with E-state index >= 15 is 0 Å². The highest BCUT2D eigenvalue weighted by molar-refractivity contribution is 6.10. The van der Waals surface area contributed by atoms with Crippen LogP contribution in [0.3, 0.4) is 0 Å².